The van der Waals surface area contributed by atoms with E-state index in [2.05, 4.69) is 20.7 Å². The topological polar surface area (TPSA) is 91.0 Å². The number of nitrogens with one attached hydrogen (secondary N) is 2. The Morgan fingerprint density at radius 3 is 2.71 bits per heavy atom. The summed E-state index contributed by atoms with van der Waals surface area (Å²) in [4.78, 5) is 24.6. The molecule has 2 amide bonds. The Kier molecular flexibility index (Phi) is 3.36. The van der Waals surface area contributed by atoms with Gasteiger partial charge in [0.25, 0.3) is 5.91 Å². The zero-order chi connectivity index (χ0) is 12.3. The van der Waals surface area contributed by atoms with Gasteiger partial charge in [0.05, 0.1) is 6.20 Å². The van der Waals surface area contributed by atoms with Gasteiger partial charge in [-0.1, -0.05) is 0 Å². The Labute approximate surface area is 98.6 Å². The molecule has 0 bridgehead atoms. The highest BCUT2D eigenvalue weighted by Gasteiger charge is 2.22. The van der Waals surface area contributed by atoms with Crippen molar-refractivity contribution in [2.45, 2.75) is 25.8 Å². The molecule has 92 valence electrons. The van der Waals surface area contributed by atoms with Crippen molar-refractivity contribution >= 4 is 11.8 Å². The number of rotatable bonds is 2. The van der Waals surface area contributed by atoms with Gasteiger partial charge in [-0.2, -0.15) is 15.4 Å². The van der Waals surface area contributed by atoms with Crippen LogP contribution in [0.25, 0.3) is 0 Å². The summed E-state index contributed by atoms with van der Waals surface area (Å²) in [5.74, 6) is -0.133. The third-order valence-electron chi connectivity index (χ3n) is 2.92. The molecule has 17 heavy (non-hydrogen) atoms. The summed E-state index contributed by atoms with van der Waals surface area (Å²) in [7, 11) is 0. The first-order chi connectivity index (χ1) is 8.16. The van der Waals surface area contributed by atoms with E-state index in [1.807, 2.05) is 0 Å². The van der Waals surface area contributed by atoms with Crippen LogP contribution in [0.15, 0.2) is 6.20 Å². The van der Waals surface area contributed by atoms with Gasteiger partial charge >= 0.3 is 0 Å². The van der Waals surface area contributed by atoms with Crippen LogP contribution in [0, 0.1) is 0 Å². The first kappa shape index (κ1) is 11.6. The van der Waals surface area contributed by atoms with Crippen LogP contribution in [0.4, 0.5) is 0 Å². The van der Waals surface area contributed by atoms with E-state index in [4.69, 9.17) is 0 Å². The van der Waals surface area contributed by atoms with Gasteiger partial charge in [-0.3, -0.25) is 9.59 Å². The molecule has 0 unspecified atom stereocenters. The van der Waals surface area contributed by atoms with Crippen molar-refractivity contribution < 1.29 is 9.59 Å². The summed E-state index contributed by atoms with van der Waals surface area (Å²) in [5, 5.41) is 12.6. The minimum atomic E-state index is -0.222. The Balaban J connectivity index is 1.82. The zero-order valence-electron chi connectivity index (χ0n) is 9.64. The van der Waals surface area contributed by atoms with Crippen molar-refractivity contribution in [3.63, 3.8) is 0 Å². The molecule has 2 rings (SSSR count). The molecule has 1 aliphatic heterocycles. The van der Waals surface area contributed by atoms with Crippen LogP contribution in [0.2, 0.25) is 0 Å². The molecule has 7 nitrogen and oxygen atoms in total. The Hall–Kier alpha value is -1.92. The summed E-state index contributed by atoms with van der Waals surface area (Å²) >= 11 is 0. The number of hydrogen-bond donors (Lipinski definition) is 2. The molecule has 2 heterocycles. The molecule has 7 heteroatoms. The Morgan fingerprint density at radius 1 is 1.47 bits per heavy atom. The Bertz CT molecular complexity index is 395. The molecule has 0 atom stereocenters. The molecular weight excluding hydrogens is 222 g/mol. The summed E-state index contributed by atoms with van der Waals surface area (Å²) in [6.07, 6.45) is 2.95. The lowest BCUT2D eigenvalue weighted by molar-refractivity contribution is -0.129. The SMILES string of the molecule is CC(=O)N1CCC(NC(=O)c2cn[nH]n2)CC1. The first-order valence-corrected chi connectivity index (χ1v) is 5.59. The van der Waals surface area contributed by atoms with Crippen LogP contribution in [-0.4, -0.2) is 51.3 Å². The van der Waals surface area contributed by atoms with Gasteiger partial charge in [-0.05, 0) is 12.8 Å². The molecule has 0 aliphatic carbocycles. The second kappa shape index (κ2) is 4.94. The Morgan fingerprint density at radius 2 is 2.18 bits per heavy atom. The van der Waals surface area contributed by atoms with Gasteiger partial charge < -0.3 is 10.2 Å². The second-order valence-corrected chi connectivity index (χ2v) is 4.11. The van der Waals surface area contributed by atoms with Gasteiger partial charge in [0.15, 0.2) is 5.69 Å². The lowest BCUT2D eigenvalue weighted by atomic mass is 10.0. The number of nitrogens with zero attached hydrogens (tertiary/aromatic N) is 3. The molecular formula is C10H15N5O2. The molecule has 1 fully saturated rings. The minimum Gasteiger partial charge on any atom is -0.348 e. The summed E-state index contributed by atoms with van der Waals surface area (Å²) in [5.41, 5.74) is 0.291. The standard InChI is InChI=1S/C10H15N5O2/c1-7(16)15-4-2-8(3-5-15)12-10(17)9-6-11-14-13-9/h6,8H,2-5H2,1H3,(H,12,17)(H,11,13,14). The van der Waals surface area contributed by atoms with E-state index in [9.17, 15) is 9.59 Å². The molecule has 2 N–H and O–H groups in total. The van der Waals surface area contributed by atoms with Gasteiger partial charge in [-0.25, -0.2) is 0 Å². The van der Waals surface area contributed by atoms with Gasteiger partial charge in [0, 0.05) is 26.1 Å². The predicted octanol–water partition coefficient (Wildman–Crippen LogP) is -0.455. The average Bonchev–Trinajstić information content (AvgIpc) is 2.83. The second-order valence-electron chi connectivity index (χ2n) is 4.11. The van der Waals surface area contributed by atoms with Crippen molar-refractivity contribution in [1.82, 2.24) is 25.6 Å². The van der Waals surface area contributed by atoms with Gasteiger partial charge in [0.2, 0.25) is 5.91 Å². The number of aromatic amines is 1. The lowest BCUT2D eigenvalue weighted by Crippen LogP contribution is -2.46. The summed E-state index contributed by atoms with van der Waals surface area (Å²) in [6, 6.07) is 0.106. The smallest absolute Gasteiger partial charge is 0.273 e. The normalized spacial score (nSPS) is 16.9. The highest BCUT2D eigenvalue weighted by molar-refractivity contribution is 5.92. The van der Waals surface area contributed by atoms with E-state index >= 15 is 0 Å². The van der Waals surface area contributed by atoms with E-state index in [-0.39, 0.29) is 17.9 Å². The fourth-order valence-electron chi connectivity index (χ4n) is 1.91. The maximum Gasteiger partial charge on any atom is 0.273 e. The molecule has 0 saturated carbocycles. The van der Waals surface area contributed by atoms with Crippen molar-refractivity contribution in [2.75, 3.05) is 13.1 Å². The van der Waals surface area contributed by atoms with Crippen LogP contribution in [0.3, 0.4) is 0 Å². The number of piperidine rings is 1. The number of H-pyrrole nitrogens is 1. The van der Waals surface area contributed by atoms with Crippen LogP contribution in [0.1, 0.15) is 30.3 Å². The number of carbonyl (C=O) groups excluding carboxylic acids is 2. The minimum absolute atomic E-state index is 0.0891. The van der Waals surface area contributed by atoms with Crippen LogP contribution in [0.5, 0.6) is 0 Å². The first-order valence-electron chi connectivity index (χ1n) is 5.59. The van der Waals surface area contributed by atoms with Gasteiger partial charge in [0.1, 0.15) is 0 Å². The number of likely N-dealkylation sites (tertiary alicyclic amines) is 1. The molecule has 0 spiro atoms. The highest BCUT2D eigenvalue weighted by atomic mass is 16.2. The summed E-state index contributed by atoms with van der Waals surface area (Å²) in [6.45, 7) is 2.95. The van der Waals surface area contributed by atoms with Crippen molar-refractivity contribution in [3.8, 4) is 0 Å². The van der Waals surface area contributed by atoms with E-state index in [1.54, 1.807) is 11.8 Å². The molecule has 0 radical (unpaired) electrons. The molecule has 1 aromatic heterocycles. The van der Waals surface area contributed by atoms with E-state index in [0.717, 1.165) is 12.8 Å². The number of hydrogen-bond acceptors (Lipinski definition) is 4. The monoisotopic (exact) mass is 237 g/mol. The number of carbonyl (C=O) groups is 2. The van der Waals surface area contributed by atoms with E-state index in [0.29, 0.717) is 18.8 Å². The van der Waals surface area contributed by atoms with Crippen molar-refractivity contribution in [1.29, 1.82) is 0 Å². The molecule has 1 aromatic rings. The molecule has 1 saturated heterocycles. The maximum atomic E-state index is 11.7. The maximum absolute atomic E-state index is 11.7. The third-order valence-corrected chi connectivity index (χ3v) is 2.92. The van der Waals surface area contributed by atoms with Crippen LogP contribution in [-0.2, 0) is 4.79 Å². The lowest BCUT2D eigenvalue weighted by Gasteiger charge is -2.31. The summed E-state index contributed by atoms with van der Waals surface area (Å²) < 4.78 is 0. The highest BCUT2D eigenvalue weighted by Crippen LogP contribution is 2.10. The number of aromatic nitrogens is 3. The van der Waals surface area contributed by atoms with Gasteiger partial charge in [-0.15, -0.1) is 0 Å². The van der Waals surface area contributed by atoms with E-state index in [1.165, 1.54) is 6.20 Å². The van der Waals surface area contributed by atoms with Crippen LogP contribution < -0.4 is 5.32 Å². The molecule has 1 aliphatic rings. The largest absolute Gasteiger partial charge is 0.348 e. The van der Waals surface area contributed by atoms with Crippen molar-refractivity contribution in [3.05, 3.63) is 11.9 Å². The fourth-order valence-corrected chi connectivity index (χ4v) is 1.91. The van der Waals surface area contributed by atoms with Crippen LogP contribution >= 0.6 is 0 Å². The average molecular weight is 237 g/mol. The zero-order valence-corrected chi connectivity index (χ0v) is 9.64. The van der Waals surface area contributed by atoms with E-state index < -0.39 is 0 Å². The fraction of sp³-hybridized carbons (Fsp3) is 0.600. The predicted molar refractivity (Wildman–Crippen MR) is 59.1 cm³/mol. The van der Waals surface area contributed by atoms with Crippen molar-refractivity contribution in [2.24, 2.45) is 0 Å². The molecule has 0 aromatic carbocycles. The third kappa shape index (κ3) is 2.80. The number of amides is 2. The quantitative estimate of drug-likeness (QED) is 0.728.